The number of nitrogens with zero attached hydrogens (tertiary/aromatic N) is 4. The number of benzene rings is 1. The van der Waals surface area contributed by atoms with Crippen molar-refractivity contribution in [1.29, 1.82) is 0 Å². The molecule has 0 amide bonds. The molecular formula is C30H40FN7O2. The first-order valence-electron chi connectivity index (χ1n) is 14.2. The molecule has 0 aliphatic carbocycles. The van der Waals surface area contributed by atoms with E-state index < -0.39 is 12.3 Å². The summed E-state index contributed by atoms with van der Waals surface area (Å²) in [5.41, 5.74) is 10.3. The number of aromatic nitrogens is 3. The Hall–Kier alpha value is -3.31. The Morgan fingerprint density at radius 1 is 1.15 bits per heavy atom. The third-order valence-corrected chi connectivity index (χ3v) is 8.06. The molecule has 0 spiro atoms. The van der Waals surface area contributed by atoms with E-state index in [0.29, 0.717) is 37.1 Å². The minimum atomic E-state index is -1.19. The molecule has 10 heteroatoms. The summed E-state index contributed by atoms with van der Waals surface area (Å²) in [6.07, 6.45) is 9.86. The highest BCUT2D eigenvalue weighted by Crippen LogP contribution is 2.28. The number of allylic oxidation sites excluding steroid dienone is 1. The minimum Gasteiger partial charge on any atom is -0.403 e. The van der Waals surface area contributed by atoms with Crippen molar-refractivity contribution in [3.63, 3.8) is 0 Å². The molecular weight excluding hydrogens is 509 g/mol. The number of H-pyrrole nitrogens is 1. The molecule has 2 saturated heterocycles. The number of aromatic amines is 1. The molecule has 0 radical (unpaired) electrons. The second-order valence-electron chi connectivity index (χ2n) is 10.9. The zero-order valence-corrected chi connectivity index (χ0v) is 23.1. The summed E-state index contributed by atoms with van der Waals surface area (Å²) < 4.78 is 15.1. The Morgan fingerprint density at radius 2 is 1.93 bits per heavy atom. The molecule has 4 heterocycles. The largest absolute Gasteiger partial charge is 0.403 e. The summed E-state index contributed by atoms with van der Waals surface area (Å²) in [6, 6.07) is 7.60. The van der Waals surface area contributed by atoms with E-state index in [0.717, 1.165) is 36.1 Å². The van der Waals surface area contributed by atoms with Crippen LogP contribution in [0.2, 0.25) is 0 Å². The van der Waals surface area contributed by atoms with Crippen LogP contribution >= 0.6 is 0 Å². The maximum absolute atomic E-state index is 15.1. The molecule has 214 valence electrons. The lowest BCUT2D eigenvalue weighted by atomic mass is 10.0. The lowest BCUT2D eigenvalue weighted by molar-refractivity contribution is 0.0673. The van der Waals surface area contributed by atoms with Crippen LogP contribution in [0.1, 0.15) is 56.5 Å². The summed E-state index contributed by atoms with van der Waals surface area (Å²) in [5, 5.41) is 31.7. The van der Waals surface area contributed by atoms with Crippen molar-refractivity contribution in [1.82, 2.24) is 30.3 Å². The van der Waals surface area contributed by atoms with Crippen molar-refractivity contribution in [2.75, 3.05) is 26.2 Å². The number of hydrogen-bond acceptors (Lipinski definition) is 8. The summed E-state index contributed by atoms with van der Waals surface area (Å²) in [5.74, 6) is -0.374. The van der Waals surface area contributed by atoms with E-state index in [9.17, 15) is 10.2 Å². The van der Waals surface area contributed by atoms with Crippen molar-refractivity contribution in [2.24, 2.45) is 5.73 Å². The Morgan fingerprint density at radius 3 is 2.67 bits per heavy atom. The van der Waals surface area contributed by atoms with Crippen molar-refractivity contribution >= 4 is 10.9 Å². The monoisotopic (exact) mass is 549 g/mol. The standard InChI is InChI=1S/C30H40FN7O2/c1-20(38-11-7-25(39)8-12-38)27(31)15-24(16-32)34-30(40)29-26-14-22(5-6-28(26)35-36-29)23-13-21(17-33-18-23)19-37-9-3-2-4-10-37/h5-6,13-18,20,25,30,34,39-40H,2-4,7-12,19,32H2,1H3,(H,35,36)/b24-16+,27-15+. The van der Waals surface area contributed by atoms with Gasteiger partial charge in [0.25, 0.3) is 0 Å². The van der Waals surface area contributed by atoms with Gasteiger partial charge in [0.2, 0.25) is 0 Å². The highest BCUT2D eigenvalue weighted by molar-refractivity contribution is 5.86. The molecule has 40 heavy (non-hydrogen) atoms. The first-order chi connectivity index (χ1) is 19.4. The molecule has 2 unspecified atom stereocenters. The minimum absolute atomic E-state index is 0.252. The molecule has 3 aromatic rings. The van der Waals surface area contributed by atoms with E-state index in [2.05, 4.69) is 31.5 Å². The smallest absolute Gasteiger partial charge is 0.168 e. The Kier molecular flexibility index (Phi) is 9.11. The highest BCUT2D eigenvalue weighted by Gasteiger charge is 2.24. The number of aliphatic hydroxyl groups excluding tert-OH is 2. The predicted molar refractivity (Wildman–Crippen MR) is 154 cm³/mol. The Labute approximate surface area is 234 Å². The summed E-state index contributed by atoms with van der Waals surface area (Å²) in [7, 11) is 0. The number of nitrogens with two attached hydrogens (primary N) is 1. The molecule has 2 atom stereocenters. The van der Waals surface area contributed by atoms with Gasteiger partial charge in [-0.05, 0) is 81.1 Å². The van der Waals surface area contributed by atoms with Crippen LogP contribution in [0.3, 0.4) is 0 Å². The molecule has 5 rings (SSSR count). The fraction of sp³-hybridized carbons (Fsp3) is 0.467. The molecule has 1 aromatic carbocycles. The second-order valence-corrected chi connectivity index (χ2v) is 10.9. The lowest BCUT2D eigenvalue weighted by Crippen LogP contribution is -2.41. The highest BCUT2D eigenvalue weighted by atomic mass is 19.1. The van der Waals surface area contributed by atoms with Crippen LogP contribution in [0, 0.1) is 0 Å². The van der Waals surface area contributed by atoms with E-state index >= 15 is 4.39 Å². The second kappa shape index (κ2) is 12.9. The van der Waals surface area contributed by atoms with Crippen LogP contribution in [-0.4, -0.2) is 73.5 Å². The number of nitrogens with one attached hydrogen (secondary N) is 2. The number of fused-ring (bicyclic) bond motifs is 1. The van der Waals surface area contributed by atoms with Crippen LogP contribution in [0.4, 0.5) is 4.39 Å². The van der Waals surface area contributed by atoms with Crippen molar-refractivity contribution < 1.29 is 14.6 Å². The van der Waals surface area contributed by atoms with Crippen LogP contribution in [0.5, 0.6) is 0 Å². The summed E-state index contributed by atoms with van der Waals surface area (Å²) >= 11 is 0. The molecule has 2 aromatic heterocycles. The van der Waals surface area contributed by atoms with Gasteiger partial charge in [-0.1, -0.05) is 12.5 Å². The number of rotatable bonds is 9. The molecule has 9 nitrogen and oxygen atoms in total. The average molecular weight is 550 g/mol. The molecule has 6 N–H and O–H groups in total. The van der Waals surface area contributed by atoms with Gasteiger partial charge in [-0.15, -0.1) is 0 Å². The van der Waals surface area contributed by atoms with E-state index in [1.807, 2.05) is 35.5 Å². The Balaban J connectivity index is 1.30. The third kappa shape index (κ3) is 6.69. The third-order valence-electron chi connectivity index (χ3n) is 8.06. The van der Waals surface area contributed by atoms with Crippen molar-refractivity contribution in [3.8, 4) is 11.1 Å². The zero-order valence-electron chi connectivity index (χ0n) is 23.1. The van der Waals surface area contributed by atoms with Gasteiger partial charge in [0.1, 0.15) is 5.83 Å². The quantitative estimate of drug-likeness (QED) is 0.202. The fourth-order valence-corrected chi connectivity index (χ4v) is 5.61. The summed E-state index contributed by atoms with van der Waals surface area (Å²) in [4.78, 5) is 8.95. The molecule has 0 bridgehead atoms. The number of likely N-dealkylation sites (tertiary alicyclic amines) is 2. The van der Waals surface area contributed by atoms with Crippen LogP contribution < -0.4 is 11.1 Å². The van der Waals surface area contributed by atoms with Crippen LogP contribution in [0.25, 0.3) is 22.0 Å². The van der Waals surface area contributed by atoms with E-state index in [4.69, 9.17) is 5.73 Å². The van der Waals surface area contributed by atoms with Gasteiger partial charge in [0, 0.05) is 49.2 Å². The van der Waals surface area contributed by atoms with Gasteiger partial charge >= 0.3 is 0 Å². The van der Waals surface area contributed by atoms with Gasteiger partial charge in [-0.3, -0.25) is 19.9 Å². The molecule has 2 aliphatic heterocycles. The average Bonchev–Trinajstić information content (AvgIpc) is 3.41. The Bertz CT molecular complexity index is 1340. The molecule has 0 saturated carbocycles. The topological polar surface area (TPSA) is 127 Å². The first kappa shape index (κ1) is 28.2. The van der Waals surface area contributed by atoms with E-state index in [1.54, 1.807) is 6.92 Å². The van der Waals surface area contributed by atoms with Crippen LogP contribution in [-0.2, 0) is 6.54 Å². The van der Waals surface area contributed by atoms with Crippen molar-refractivity contribution in [2.45, 2.75) is 63.9 Å². The van der Waals surface area contributed by atoms with Crippen LogP contribution in [0.15, 0.2) is 60.5 Å². The van der Waals surface area contributed by atoms with Gasteiger partial charge in [0.05, 0.1) is 29.1 Å². The maximum atomic E-state index is 15.1. The molecule has 2 aliphatic rings. The van der Waals surface area contributed by atoms with Gasteiger partial charge in [-0.25, -0.2) is 4.39 Å². The number of piperidine rings is 2. The van der Waals surface area contributed by atoms with Gasteiger partial charge < -0.3 is 21.3 Å². The zero-order chi connectivity index (χ0) is 28.1. The maximum Gasteiger partial charge on any atom is 0.168 e. The molecule has 2 fully saturated rings. The number of halogens is 1. The lowest BCUT2D eigenvalue weighted by Gasteiger charge is -2.33. The summed E-state index contributed by atoms with van der Waals surface area (Å²) in [6.45, 7) is 6.17. The van der Waals surface area contributed by atoms with Gasteiger partial charge in [0.15, 0.2) is 6.23 Å². The SMILES string of the molecule is CC(/C(F)=C\C(=C/N)NC(O)c1[nH]nc2ccc(-c3cncc(CN4CCCCC4)c3)cc12)N1CCC(O)CC1. The van der Waals surface area contributed by atoms with E-state index in [1.165, 1.54) is 37.1 Å². The normalized spacial score (nSPS) is 20.1. The predicted octanol–water partition coefficient (Wildman–Crippen LogP) is 3.69. The van der Waals surface area contributed by atoms with Gasteiger partial charge in [-0.2, -0.15) is 5.10 Å². The van der Waals surface area contributed by atoms with Crippen molar-refractivity contribution in [3.05, 3.63) is 71.7 Å². The first-order valence-corrected chi connectivity index (χ1v) is 14.2. The number of aliphatic hydroxyl groups is 2. The number of hydrogen-bond donors (Lipinski definition) is 5. The fourth-order valence-electron chi connectivity index (χ4n) is 5.61. The number of pyridine rings is 1. The van der Waals surface area contributed by atoms with E-state index in [-0.39, 0.29) is 17.6 Å².